The normalized spacial score (nSPS) is 12.6. The molecular formula is C12H20BrN3O3. The Balaban J connectivity index is 3.11. The van der Waals surface area contributed by atoms with Gasteiger partial charge in [-0.1, -0.05) is 20.8 Å². The van der Waals surface area contributed by atoms with Crippen molar-refractivity contribution >= 4 is 21.7 Å². The Morgan fingerprint density at radius 3 is 2.05 bits per heavy atom. The molecular weight excluding hydrogens is 314 g/mol. The summed E-state index contributed by atoms with van der Waals surface area (Å²) in [7, 11) is 0. The van der Waals surface area contributed by atoms with Gasteiger partial charge in [0.25, 0.3) is 0 Å². The molecule has 1 aromatic rings. The van der Waals surface area contributed by atoms with Gasteiger partial charge in [-0.2, -0.15) is 0 Å². The molecule has 19 heavy (non-hydrogen) atoms. The third kappa shape index (κ3) is 4.10. The summed E-state index contributed by atoms with van der Waals surface area (Å²) in [5, 5.41) is 30.8. The van der Waals surface area contributed by atoms with Gasteiger partial charge in [0.05, 0.1) is 19.8 Å². The summed E-state index contributed by atoms with van der Waals surface area (Å²) in [6.07, 6.45) is 0. The minimum absolute atomic E-state index is 0.236. The Morgan fingerprint density at radius 1 is 1.11 bits per heavy atom. The molecule has 7 heteroatoms. The summed E-state index contributed by atoms with van der Waals surface area (Å²) < 4.78 is 0.595. The molecule has 0 unspecified atom stereocenters. The Kier molecular flexibility index (Phi) is 5.26. The highest BCUT2D eigenvalue weighted by Crippen LogP contribution is 2.23. The van der Waals surface area contributed by atoms with E-state index < -0.39 is 25.4 Å². The predicted molar refractivity (Wildman–Crippen MR) is 76.0 cm³/mol. The molecule has 0 spiro atoms. The number of aliphatic hydroxyl groups excluding tert-OH is 3. The minimum atomic E-state index is -1.21. The fourth-order valence-electron chi connectivity index (χ4n) is 1.36. The lowest BCUT2D eigenvalue weighted by molar-refractivity contribution is 0.0830. The van der Waals surface area contributed by atoms with Crippen LogP contribution >= 0.6 is 15.9 Å². The molecule has 6 nitrogen and oxygen atoms in total. The lowest BCUT2D eigenvalue weighted by Gasteiger charge is -2.30. The largest absolute Gasteiger partial charge is 0.394 e. The van der Waals surface area contributed by atoms with Gasteiger partial charge in [0.15, 0.2) is 0 Å². The van der Waals surface area contributed by atoms with Crippen molar-refractivity contribution in [3.63, 3.8) is 0 Å². The zero-order chi connectivity index (χ0) is 14.7. The van der Waals surface area contributed by atoms with E-state index >= 15 is 0 Å². The first-order chi connectivity index (χ1) is 8.76. The number of aromatic nitrogens is 2. The van der Waals surface area contributed by atoms with Crippen molar-refractivity contribution < 1.29 is 15.3 Å². The molecule has 0 amide bonds. The highest BCUT2D eigenvalue weighted by Gasteiger charge is 2.29. The van der Waals surface area contributed by atoms with Crippen LogP contribution in [-0.4, -0.2) is 50.6 Å². The first-order valence-corrected chi connectivity index (χ1v) is 6.71. The van der Waals surface area contributed by atoms with Crippen molar-refractivity contribution in [1.82, 2.24) is 9.97 Å². The standard InChI is InChI=1S/C12H20BrN3O3/c1-11(2,3)10-14-8(13)4-9(15-10)16-12(5-17,6-18)7-19/h4,17-19H,5-7H2,1-3H3,(H,14,15,16). The van der Waals surface area contributed by atoms with Crippen LogP contribution in [0.4, 0.5) is 5.82 Å². The van der Waals surface area contributed by atoms with Crippen LogP contribution < -0.4 is 5.32 Å². The van der Waals surface area contributed by atoms with Crippen LogP contribution in [0, 0.1) is 0 Å². The highest BCUT2D eigenvalue weighted by atomic mass is 79.9. The molecule has 0 bridgehead atoms. The number of nitrogens with one attached hydrogen (secondary N) is 1. The van der Waals surface area contributed by atoms with Crippen LogP contribution in [-0.2, 0) is 5.41 Å². The van der Waals surface area contributed by atoms with Crippen LogP contribution in [0.1, 0.15) is 26.6 Å². The molecule has 0 saturated heterocycles. The summed E-state index contributed by atoms with van der Waals surface area (Å²) >= 11 is 3.30. The monoisotopic (exact) mass is 333 g/mol. The van der Waals surface area contributed by atoms with Gasteiger partial charge in [-0.05, 0) is 15.9 Å². The van der Waals surface area contributed by atoms with E-state index in [9.17, 15) is 15.3 Å². The Labute approximate surface area is 121 Å². The molecule has 1 aromatic heterocycles. The van der Waals surface area contributed by atoms with Gasteiger partial charge in [0, 0.05) is 11.5 Å². The quantitative estimate of drug-likeness (QED) is 0.591. The van der Waals surface area contributed by atoms with Crippen LogP contribution in [0.3, 0.4) is 0 Å². The zero-order valence-corrected chi connectivity index (χ0v) is 12.9. The van der Waals surface area contributed by atoms with Crippen molar-refractivity contribution in [2.75, 3.05) is 25.1 Å². The van der Waals surface area contributed by atoms with Crippen molar-refractivity contribution in [2.24, 2.45) is 0 Å². The van der Waals surface area contributed by atoms with Crippen molar-refractivity contribution in [2.45, 2.75) is 31.7 Å². The molecule has 4 N–H and O–H groups in total. The number of anilines is 1. The SMILES string of the molecule is CC(C)(C)c1nc(Br)cc(NC(CO)(CO)CO)n1. The molecule has 0 aromatic carbocycles. The maximum absolute atomic E-state index is 9.30. The van der Waals surface area contributed by atoms with Crippen LogP contribution in [0.5, 0.6) is 0 Å². The summed E-state index contributed by atoms with van der Waals surface area (Å²) in [5.74, 6) is 1.05. The number of halogens is 1. The van der Waals surface area contributed by atoms with E-state index in [0.29, 0.717) is 16.2 Å². The van der Waals surface area contributed by atoms with Crippen LogP contribution in [0.2, 0.25) is 0 Å². The Bertz CT molecular complexity index is 422. The summed E-state index contributed by atoms with van der Waals surface area (Å²) in [5.41, 5.74) is -1.44. The zero-order valence-electron chi connectivity index (χ0n) is 11.3. The predicted octanol–water partition coefficient (Wildman–Crippen LogP) is 0.664. The second-order valence-electron chi connectivity index (χ2n) is 5.53. The number of aliphatic hydroxyl groups is 3. The molecule has 0 fully saturated rings. The summed E-state index contributed by atoms with van der Waals surface area (Å²) in [4.78, 5) is 8.64. The number of hydrogen-bond donors (Lipinski definition) is 4. The molecule has 0 aliphatic carbocycles. The minimum Gasteiger partial charge on any atom is -0.394 e. The van der Waals surface area contributed by atoms with E-state index in [4.69, 9.17) is 0 Å². The van der Waals surface area contributed by atoms with Crippen LogP contribution in [0.15, 0.2) is 10.7 Å². The lowest BCUT2D eigenvalue weighted by atomic mass is 9.96. The lowest BCUT2D eigenvalue weighted by Crippen LogP contribution is -2.49. The molecule has 0 radical (unpaired) electrons. The molecule has 0 saturated carbocycles. The van der Waals surface area contributed by atoms with E-state index in [2.05, 4.69) is 31.2 Å². The van der Waals surface area contributed by atoms with E-state index in [-0.39, 0.29) is 5.41 Å². The average Bonchev–Trinajstić information content (AvgIpc) is 2.34. The number of rotatable bonds is 5. The fourth-order valence-corrected chi connectivity index (χ4v) is 1.74. The van der Waals surface area contributed by atoms with Gasteiger partial charge < -0.3 is 20.6 Å². The first-order valence-electron chi connectivity index (χ1n) is 5.92. The van der Waals surface area contributed by atoms with Gasteiger partial charge >= 0.3 is 0 Å². The first kappa shape index (κ1) is 16.3. The topological polar surface area (TPSA) is 98.5 Å². The summed E-state index contributed by atoms with van der Waals surface area (Å²) in [6.45, 7) is 4.72. The van der Waals surface area contributed by atoms with E-state index in [1.165, 1.54) is 0 Å². The van der Waals surface area contributed by atoms with Crippen molar-refractivity contribution in [3.05, 3.63) is 16.5 Å². The van der Waals surface area contributed by atoms with Crippen molar-refractivity contribution in [3.8, 4) is 0 Å². The van der Waals surface area contributed by atoms with E-state index in [1.807, 2.05) is 20.8 Å². The van der Waals surface area contributed by atoms with Gasteiger partial charge in [0.2, 0.25) is 0 Å². The van der Waals surface area contributed by atoms with Gasteiger partial charge in [0.1, 0.15) is 21.8 Å². The molecule has 1 rings (SSSR count). The number of nitrogens with zero attached hydrogens (tertiary/aromatic N) is 2. The maximum Gasteiger partial charge on any atom is 0.137 e. The van der Waals surface area contributed by atoms with E-state index in [0.717, 1.165) is 0 Å². The van der Waals surface area contributed by atoms with Crippen molar-refractivity contribution in [1.29, 1.82) is 0 Å². The Hall–Kier alpha value is -0.760. The second kappa shape index (κ2) is 6.13. The molecule has 1 heterocycles. The Morgan fingerprint density at radius 2 is 1.63 bits per heavy atom. The van der Waals surface area contributed by atoms with Crippen LogP contribution in [0.25, 0.3) is 0 Å². The molecule has 0 atom stereocenters. The summed E-state index contributed by atoms with van der Waals surface area (Å²) in [6, 6.07) is 1.63. The molecule has 0 aliphatic rings. The maximum atomic E-state index is 9.30. The smallest absolute Gasteiger partial charge is 0.137 e. The second-order valence-corrected chi connectivity index (χ2v) is 6.34. The third-order valence-corrected chi connectivity index (χ3v) is 3.07. The molecule has 108 valence electrons. The van der Waals surface area contributed by atoms with Gasteiger partial charge in [-0.15, -0.1) is 0 Å². The molecule has 0 aliphatic heterocycles. The van der Waals surface area contributed by atoms with Gasteiger partial charge in [-0.3, -0.25) is 0 Å². The number of hydrogen-bond acceptors (Lipinski definition) is 6. The third-order valence-electron chi connectivity index (χ3n) is 2.67. The average molecular weight is 334 g/mol. The van der Waals surface area contributed by atoms with Gasteiger partial charge in [-0.25, -0.2) is 9.97 Å². The fraction of sp³-hybridized carbons (Fsp3) is 0.667. The van der Waals surface area contributed by atoms with E-state index in [1.54, 1.807) is 6.07 Å². The highest BCUT2D eigenvalue weighted by molar-refractivity contribution is 9.10.